The van der Waals surface area contributed by atoms with Crippen molar-refractivity contribution in [3.8, 4) is 0 Å². The molecular weight excluding hydrogens is 418 g/mol. The summed E-state index contributed by atoms with van der Waals surface area (Å²) < 4.78 is 27.2. The van der Waals surface area contributed by atoms with E-state index in [9.17, 15) is 8.42 Å². The normalized spacial score (nSPS) is 12.0. The Bertz CT molecular complexity index is 655. The van der Waals surface area contributed by atoms with Crippen molar-refractivity contribution in [3.05, 3.63) is 35.4 Å². The predicted octanol–water partition coefficient (Wildman–Crippen LogP) is 7.24. The average molecular weight is 471 g/mol. The summed E-state index contributed by atoms with van der Waals surface area (Å²) >= 11 is 0. The van der Waals surface area contributed by atoms with Gasteiger partial charge in [0.2, 0.25) is 0 Å². The second kappa shape index (κ2) is 17.6. The quantitative estimate of drug-likeness (QED) is 0.157. The van der Waals surface area contributed by atoms with Gasteiger partial charge in [-0.15, -0.1) is 0 Å². The Morgan fingerprint density at radius 2 is 1.22 bits per heavy atom. The fraction of sp³-hybridized carbons (Fsp3) is 0.778. The number of aryl methyl sites for hydroxylation is 1. The molecule has 0 spiro atoms. The van der Waals surface area contributed by atoms with E-state index in [1.807, 2.05) is 0 Å². The summed E-state index contributed by atoms with van der Waals surface area (Å²) in [6.07, 6.45) is 14.4. The molecule has 0 atom stereocenters. The lowest BCUT2D eigenvalue weighted by molar-refractivity contribution is -0.928. The van der Waals surface area contributed by atoms with E-state index in [1.165, 1.54) is 106 Å². The van der Waals surface area contributed by atoms with Crippen LogP contribution in [0.25, 0.3) is 0 Å². The summed E-state index contributed by atoms with van der Waals surface area (Å²) in [4.78, 5) is 0. The monoisotopic (exact) mass is 470 g/mol. The van der Waals surface area contributed by atoms with Gasteiger partial charge in [0.15, 0.2) is 0 Å². The molecule has 0 amide bonds. The van der Waals surface area contributed by atoms with Crippen molar-refractivity contribution in [2.45, 2.75) is 105 Å². The van der Waals surface area contributed by atoms with Crippen LogP contribution in [0.3, 0.4) is 0 Å². The third-order valence-electron chi connectivity index (χ3n) is 6.13. The van der Waals surface area contributed by atoms with E-state index in [2.05, 4.69) is 58.9 Å². The molecule has 1 rings (SSSR count). The van der Waals surface area contributed by atoms with Crippen LogP contribution < -0.4 is 0 Å². The maximum Gasteiger partial charge on any atom is 0.261 e. The van der Waals surface area contributed by atoms with Crippen LogP contribution in [0.4, 0.5) is 0 Å². The lowest BCUT2D eigenvalue weighted by Crippen LogP contribution is -2.50. The van der Waals surface area contributed by atoms with Crippen LogP contribution in [0.5, 0.6) is 0 Å². The van der Waals surface area contributed by atoms with Crippen LogP contribution in [0.2, 0.25) is 0 Å². The van der Waals surface area contributed by atoms with E-state index in [-0.39, 0.29) is 0 Å². The maximum absolute atomic E-state index is 9.19. The molecule has 0 heterocycles. The second-order valence-corrected chi connectivity index (χ2v) is 11.2. The molecule has 0 saturated heterocycles. The molecule has 32 heavy (non-hydrogen) atoms. The first-order chi connectivity index (χ1) is 15.1. The number of unbranched alkanes of at least 4 members (excludes halogenated alkanes) is 5. The third kappa shape index (κ3) is 16.7. The largest absolute Gasteiger partial charge is 0.324 e. The number of rotatable bonds is 16. The molecule has 0 saturated carbocycles. The van der Waals surface area contributed by atoms with Gasteiger partial charge in [0.25, 0.3) is 10.1 Å². The van der Waals surface area contributed by atoms with Crippen molar-refractivity contribution in [1.29, 1.82) is 0 Å². The SMILES string of the molecule is CCCCCCCC[N+](CCC)(CCC)CCCc1ccc(C(C)C)cc1.CS(=O)(=O)O. The first-order valence-electron chi connectivity index (χ1n) is 12.9. The molecule has 0 aliphatic heterocycles. The molecular formula is C27H52NO3S+. The van der Waals surface area contributed by atoms with E-state index in [0.29, 0.717) is 12.2 Å². The fourth-order valence-corrected chi connectivity index (χ4v) is 4.53. The molecule has 0 bridgehead atoms. The van der Waals surface area contributed by atoms with Crippen molar-refractivity contribution < 1.29 is 17.5 Å². The summed E-state index contributed by atoms with van der Waals surface area (Å²) in [7, 11) is -3.67. The van der Waals surface area contributed by atoms with Crippen LogP contribution in [0, 0.1) is 0 Å². The Hall–Kier alpha value is -0.910. The summed E-state index contributed by atoms with van der Waals surface area (Å²) in [5.41, 5.74) is 2.98. The number of nitrogens with zero attached hydrogens (tertiary/aromatic N) is 1. The van der Waals surface area contributed by atoms with Gasteiger partial charge in [0, 0.05) is 6.42 Å². The molecule has 1 aromatic carbocycles. The van der Waals surface area contributed by atoms with E-state index in [0.717, 1.165) is 0 Å². The van der Waals surface area contributed by atoms with Gasteiger partial charge in [-0.25, -0.2) is 0 Å². The molecule has 0 unspecified atom stereocenters. The summed E-state index contributed by atoms with van der Waals surface area (Å²) in [6.45, 7) is 17.1. The minimum absolute atomic E-state index is 0.634. The molecule has 1 N–H and O–H groups in total. The Kier molecular flexibility index (Phi) is 17.1. The van der Waals surface area contributed by atoms with E-state index < -0.39 is 10.1 Å². The Morgan fingerprint density at radius 1 is 0.750 bits per heavy atom. The molecule has 5 heteroatoms. The van der Waals surface area contributed by atoms with Gasteiger partial charge in [-0.1, -0.05) is 84.6 Å². The average Bonchev–Trinajstić information content (AvgIpc) is 2.70. The zero-order valence-electron chi connectivity index (χ0n) is 21.9. The number of benzene rings is 1. The van der Waals surface area contributed by atoms with Crippen LogP contribution in [-0.2, 0) is 16.5 Å². The van der Waals surface area contributed by atoms with Crippen molar-refractivity contribution in [2.75, 3.05) is 32.4 Å². The van der Waals surface area contributed by atoms with Gasteiger partial charge >= 0.3 is 0 Å². The minimum atomic E-state index is -3.67. The Balaban J connectivity index is 0.00000172. The first kappa shape index (κ1) is 31.1. The van der Waals surface area contributed by atoms with Gasteiger partial charge in [-0.05, 0) is 49.1 Å². The van der Waals surface area contributed by atoms with Crippen molar-refractivity contribution in [2.24, 2.45) is 0 Å². The van der Waals surface area contributed by atoms with Crippen molar-refractivity contribution in [1.82, 2.24) is 0 Å². The van der Waals surface area contributed by atoms with Crippen LogP contribution in [0.1, 0.15) is 109 Å². The Labute approximate surface area is 200 Å². The molecule has 0 radical (unpaired) electrons. The highest BCUT2D eigenvalue weighted by atomic mass is 32.2. The van der Waals surface area contributed by atoms with Crippen LogP contribution in [0.15, 0.2) is 24.3 Å². The molecule has 4 nitrogen and oxygen atoms in total. The molecule has 1 aromatic rings. The van der Waals surface area contributed by atoms with Crippen molar-refractivity contribution >= 4 is 10.1 Å². The zero-order chi connectivity index (χ0) is 24.5. The number of quaternary nitrogens is 1. The number of hydrogen-bond acceptors (Lipinski definition) is 2. The maximum atomic E-state index is 9.19. The van der Waals surface area contributed by atoms with Gasteiger partial charge in [0.1, 0.15) is 0 Å². The van der Waals surface area contributed by atoms with Gasteiger partial charge in [-0.2, -0.15) is 8.42 Å². The first-order valence-corrected chi connectivity index (χ1v) is 14.8. The molecule has 188 valence electrons. The minimum Gasteiger partial charge on any atom is -0.324 e. The summed E-state index contributed by atoms with van der Waals surface area (Å²) in [5.74, 6) is 0.634. The highest BCUT2D eigenvalue weighted by Gasteiger charge is 2.24. The smallest absolute Gasteiger partial charge is 0.261 e. The number of hydrogen-bond donors (Lipinski definition) is 1. The lowest BCUT2D eigenvalue weighted by atomic mass is 10.00. The zero-order valence-corrected chi connectivity index (χ0v) is 22.7. The van der Waals surface area contributed by atoms with Crippen LogP contribution >= 0.6 is 0 Å². The van der Waals surface area contributed by atoms with Gasteiger partial charge < -0.3 is 4.48 Å². The van der Waals surface area contributed by atoms with Gasteiger partial charge in [-0.3, -0.25) is 4.55 Å². The standard InChI is InChI=1S/C26H48N.CH4O3S/c1-6-9-10-11-12-13-22-27(20-7-2,21-8-3)23-14-15-25-16-18-26(19-17-25)24(4)5;1-5(2,3)4/h16-19,24H,6-15,20-23H2,1-5H3;1H3,(H,2,3,4)/q+1;. The molecule has 0 aliphatic rings. The highest BCUT2D eigenvalue weighted by molar-refractivity contribution is 7.85. The summed E-state index contributed by atoms with van der Waals surface area (Å²) in [5, 5.41) is 0. The van der Waals surface area contributed by atoms with Crippen molar-refractivity contribution in [3.63, 3.8) is 0 Å². The van der Waals surface area contributed by atoms with Crippen LogP contribution in [-0.4, -0.2) is 49.9 Å². The highest BCUT2D eigenvalue weighted by Crippen LogP contribution is 2.19. The van der Waals surface area contributed by atoms with Gasteiger partial charge in [0.05, 0.1) is 32.4 Å². The van der Waals surface area contributed by atoms with E-state index >= 15 is 0 Å². The molecule has 0 aromatic heterocycles. The fourth-order valence-electron chi connectivity index (χ4n) is 4.53. The van der Waals surface area contributed by atoms with E-state index in [1.54, 1.807) is 0 Å². The summed E-state index contributed by atoms with van der Waals surface area (Å²) in [6, 6.07) is 9.38. The van der Waals surface area contributed by atoms with E-state index in [4.69, 9.17) is 4.55 Å². The Morgan fingerprint density at radius 3 is 1.69 bits per heavy atom. The second-order valence-electron chi connectivity index (χ2n) is 9.74. The lowest BCUT2D eigenvalue weighted by Gasteiger charge is -2.39. The predicted molar refractivity (Wildman–Crippen MR) is 140 cm³/mol. The topological polar surface area (TPSA) is 54.4 Å². The molecule has 0 fully saturated rings. The molecule has 0 aliphatic carbocycles. The third-order valence-corrected chi connectivity index (χ3v) is 6.13.